The summed E-state index contributed by atoms with van der Waals surface area (Å²) in [5, 5.41) is 10.9. The van der Waals surface area contributed by atoms with Crippen LogP contribution in [0.4, 0.5) is 32.2 Å². The number of halogens is 6. The smallest absolute Gasteiger partial charge is 0.355 e. The molecule has 11 heteroatoms. The van der Waals surface area contributed by atoms with Crippen molar-refractivity contribution in [3.63, 3.8) is 0 Å². The van der Waals surface area contributed by atoms with Gasteiger partial charge in [0.25, 0.3) is 0 Å². The molecule has 1 unspecified atom stereocenters. The van der Waals surface area contributed by atoms with Gasteiger partial charge in [0.2, 0.25) is 5.91 Å². The van der Waals surface area contributed by atoms with Crippen LogP contribution in [0.15, 0.2) is 12.1 Å². The molecule has 26 heavy (non-hydrogen) atoms. The van der Waals surface area contributed by atoms with E-state index in [9.17, 15) is 31.1 Å². The van der Waals surface area contributed by atoms with E-state index in [1.165, 1.54) is 4.90 Å². The van der Waals surface area contributed by atoms with E-state index in [-0.39, 0.29) is 24.5 Å². The van der Waals surface area contributed by atoms with Crippen LogP contribution in [0.1, 0.15) is 24.1 Å². The SMILES string of the molecule is N#Cc1ccc(C(F)(F)F)nc1N1CCCC(C(=O)NCC(F)(F)F)C1. The molecule has 1 aliphatic heterocycles. The van der Waals surface area contributed by atoms with Gasteiger partial charge in [-0.25, -0.2) is 4.98 Å². The van der Waals surface area contributed by atoms with Crippen molar-refractivity contribution in [3.8, 4) is 6.07 Å². The minimum atomic E-state index is -4.71. The maximum absolute atomic E-state index is 12.9. The number of carbonyl (C=O) groups excluding carboxylic acids is 1. The number of nitrogens with zero attached hydrogens (tertiary/aromatic N) is 3. The zero-order valence-corrected chi connectivity index (χ0v) is 13.3. The fourth-order valence-corrected chi connectivity index (χ4v) is 2.65. The first-order chi connectivity index (χ1) is 12.0. The predicted molar refractivity (Wildman–Crippen MR) is 78.0 cm³/mol. The van der Waals surface area contributed by atoms with Gasteiger partial charge in [0.15, 0.2) is 0 Å². The first kappa shape index (κ1) is 19.8. The number of hydrogen-bond acceptors (Lipinski definition) is 4. The van der Waals surface area contributed by atoms with Gasteiger partial charge in [-0.15, -0.1) is 0 Å². The van der Waals surface area contributed by atoms with Gasteiger partial charge < -0.3 is 10.2 Å². The Kier molecular flexibility index (Phi) is 5.63. The lowest BCUT2D eigenvalue weighted by Crippen LogP contribution is -2.45. The molecular formula is C15H14F6N4O. The zero-order chi connectivity index (χ0) is 19.5. The van der Waals surface area contributed by atoms with Crippen LogP contribution in [0.5, 0.6) is 0 Å². The van der Waals surface area contributed by atoms with E-state index in [1.54, 1.807) is 11.4 Å². The Morgan fingerprint density at radius 1 is 1.31 bits per heavy atom. The van der Waals surface area contributed by atoms with Gasteiger partial charge in [0.05, 0.1) is 11.5 Å². The second-order valence-electron chi connectivity index (χ2n) is 5.80. The summed E-state index contributed by atoms with van der Waals surface area (Å²) in [6.45, 7) is -1.35. The maximum Gasteiger partial charge on any atom is 0.433 e. The standard InChI is InChI=1S/C15H14F6N4O/c16-14(17,18)8-23-13(26)10-2-1-5-25(7-10)12-9(6-22)3-4-11(24-12)15(19,20)21/h3-4,10H,1-2,5,7-8H2,(H,23,26). The molecule has 1 N–H and O–H groups in total. The molecule has 142 valence electrons. The van der Waals surface area contributed by atoms with Crippen molar-refractivity contribution < 1.29 is 31.1 Å². The molecule has 0 radical (unpaired) electrons. The summed E-state index contributed by atoms with van der Waals surface area (Å²) in [7, 11) is 0. The van der Waals surface area contributed by atoms with Crippen LogP contribution >= 0.6 is 0 Å². The van der Waals surface area contributed by atoms with E-state index in [0.717, 1.165) is 6.07 Å². The number of hydrogen-bond donors (Lipinski definition) is 1. The van der Waals surface area contributed by atoms with E-state index in [0.29, 0.717) is 18.9 Å². The number of alkyl halides is 6. The summed E-state index contributed by atoms with van der Waals surface area (Å²) in [4.78, 5) is 16.7. The topological polar surface area (TPSA) is 69.0 Å². The molecule has 0 spiro atoms. The summed E-state index contributed by atoms with van der Waals surface area (Å²) in [5.41, 5.74) is -1.29. The number of nitrogens with one attached hydrogen (secondary N) is 1. The minimum Gasteiger partial charge on any atom is -0.355 e. The van der Waals surface area contributed by atoms with E-state index < -0.39 is 36.4 Å². The fraction of sp³-hybridized carbons (Fsp3) is 0.533. The Balaban J connectivity index is 2.19. The number of carbonyl (C=O) groups is 1. The third kappa shape index (κ3) is 5.00. The normalized spacial score (nSPS) is 18.3. The number of anilines is 1. The fourth-order valence-electron chi connectivity index (χ4n) is 2.65. The van der Waals surface area contributed by atoms with Crippen molar-refractivity contribution in [1.29, 1.82) is 5.26 Å². The van der Waals surface area contributed by atoms with Crippen LogP contribution in [0.25, 0.3) is 0 Å². The molecule has 2 heterocycles. The van der Waals surface area contributed by atoms with Crippen LogP contribution in [-0.2, 0) is 11.0 Å². The lowest BCUT2D eigenvalue weighted by atomic mass is 9.96. The van der Waals surface area contributed by atoms with Crippen molar-refractivity contribution in [3.05, 3.63) is 23.4 Å². The van der Waals surface area contributed by atoms with Crippen LogP contribution < -0.4 is 10.2 Å². The summed E-state index contributed by atoms with van der Waals surface area (Å²) in [5.74, 6) is -1.90. The van der Waals surface area contributed by atoms with Crippen molar-refractivity contribution in [2.75, 3.05) is 24.5 Å². The monoisotopic (exact) mass is 380 g/mol. The highest BCUT2D eigenvalue weighted by atomic mass is 19.4. The molecule has 1 aromatic rings. The van der Waals surface area contributed by atoms with Crippen molar-refractivity contribution in [2.45, 2.75) is 25.2 Å². The Hall–Kier alpha value is -2.51. The lowest BCUT2D eigenvalue weighted by Gasteiger charge is -2.33. The molecule has 0 aromatic carbocycles. The third-order valence-electron chi connectivity index (χ3n) is 3.84. The number of aromatic nitrogens is 1. The molecular weight excluding hydrogens is 366 g/mol. The summed E-state index contributed by atoms with van der Waals surface area (Å²) >= 11 is 0. The van der Waals surface area contributed by atoms with Crippen LogP contribution in [0, 0.1) is 17.2 Å². The van der Waals surface area contributed by atoms with E-state index in [4.69, 9.17) is 5.26 Å². The van der Waals surface area contributed by atoms with Gasteiger partial charge in [-0.3, -0.25) is 4.79 Å². The highest BCUT2D eigenvalue weighted by molar-refractivity contribution is 5.79. The highest BCUT2D eigenvalue weighted by Gasteiger charge is 2.35. The molecule has 2 rings (SSSR count). The first-order valence-corrected chi connectivity index (χ1v) is 7.59. The molecule has 1 saturated heterocycles. The number of amides is 1. The highest BCUT2D eigenvalue weighted by Crippen LogP contribution is 2.32. The Labute approximate surface area is 144 Å². The molecule has 1 amide bonds. The lowest BCUT2D eigenvalue weighted by molar-refractivity contribution is -0.141. The minimum absolute atomic E-state index is 0.102. The van der Waals surface area contributed by atoms with Gasteiger partial charge in [0.1, 0.15) is 24.1 Å². The van der Waals surface area contributed by atoms with E-state index in [2.05, 4.69) is 4.98 Å². The quantitative estimate of drug-likeness (QED) is 0.819. The Morgan fingerprint density at radius 3 is 2.58 bits per heavy atom. The Morgan fingerprint density at radius 2 is 2.00 bits per heavy atom. The van der Waals surface area contributed by atoms with Gasteiger partial charge in [0, 0.05) is 13.1 Å². The number of nitriles is 1. The second kappa shape index (κ2) is 7.39. The molecule has 1 aliphatic rings. The molecule has 1 atom stereocenters. The second-order valence-corrected chi connectivity index (χ2v) is 5.80. The van der Waals surface area contributed by atoms with Gasteiger partial charge in [-0.05, 0) is 25.0 Å². The summed E-state index contributed by atoms with van der Waals surface area (Å²) in [6, 6.07) is 3.40. The average molecular weight is 380 g/mol. The molecule has 1 fully saturated rings. The number of piperidine rings is 1. The van der Waals surface area contributed by atoms with Crippen molar-refractivity contribution in [1.82, 2.24) is 10.3 Å². The molecule has 1 aromatic heterocycles. The molecule has 5 nitrogen and oxygen atoms in total. The molecule has 0 saturated carbocycles. The van der Waals surface area contributed by atoms with Gasteiger partial charge in [-0.1, -0.05) is 0 Å². The zero-order valence-electron chi connectivity index (χ0n) is 13.3. The summed E-state index contributed by atoms with van der Waals surface area (Å²) < 4.78 is 75.2. The Bertz CT molecular complexity index is 710. The van der Waals surface area contributed by atoms with Crippen molar-refractivity contribution >= 4 is 11.7 Å². The third-order valence-corrected chi connectivity index (χ3v) is 3.84. The molecule has 0 aliphatic carbocycles. The van der Waals surface area contributed by atoms with Gasteiger partial charge in [-0.2, -0.15) is 31.6 Å². The first-order valence-electron chi connectivity index (χ1n) is 7.59. The molecule has 0 bridgehead atoms. The van der Waals surface area contributed by atoms with Crippen LogP contribution in [-0.4, -0.2) is 36.7 Å². The van der Waals surface area contributed by atoms with Crippen LogP contribution in [0.2, 0.25) is 0 Å². The number of pyridine rings is 1. The summed E-state index contributed by atoms with van der Waals surface area (Å²) in [6.07, 6.45) is -8.60. The van der Waals surface area contributed by atoms with E-state index >= 15 is 0 Å². The van der Waals surface area contributed by atoms with Crippen LogP contribution in [0.3, 0.4) is 0 Å². The van der Waals surface area contributed by atoms with Crippen molar-refractivity contribution in [2.24, 2.45) is 5.92 Å². The average Bonchev–Trinajstić information content (AvgIpc) is 2.57. The predicted octanol–water partition coefficient (Wildman–Crippen LogP) is 2.87. The number of rotatable bonds is 3. The van der Waals surface area contributed by atoms with E-state index in [1.807, 2.05) is 0 Å². The maximum atomic E-state index is 12.9. The van der Waals surface area contributed by atoms with Gasteiger partial charge >= 0.3 is 12.4 Å². The largest absolute Gasteiger partial charge is 0.433 e.